The molecule has 0 fully saturated rings. The first-order chi connectivity index (χ1) is 14.1. The Kier molecular flexibility index (Phi) is 31.0. The molecule has 0 amide bonds. The zero-order chi connectivity index (χ0) is 23.9. The third-order valence-corrected chi connectivity index (χ3v) is 9.59. The van der Waals surface area contributed by atoms with E-state index >= 15 is 0 Å². The van der Waals surface area contributed by atoms with E-state index in [1.165, 1.54) is 0 Å². The number of halogens is 4. The van der Waals surface area contributed by atoms with Crippen molar-refractivity contribution in [3.8, 4) is 0 Å². The Balaban J connectivity index is -0.000000364. The van der Waals surface area contributed by atoms with Crippen LogP contribution in [-0.2, 0) is 28.8 Å². The lowest BCUT2D eigenvalue weighted by Gasteiger charge is -2.09. The van der Waals surface area contributed by atoms with Crippen LogP contribution in [-0.4, -0.2) is 53.4 Å². The highest BCUT2D eigenvalue weighted by atomic mass is 127. The summed E-state index contributed by atoms with van der Waals surface area (Å²) in [7, 11) is 0. The van der Waals surface area contributed by atoms with Gasteiger partial charge >= 0.3 is 0 Å². The summed E-state index contributed by atoms with van der Waals surface area (Å²) in [5.74, 6) is 0.180. The van der Waals surface area contributed by atoms with E-state index in [0.717, 1.165) is 57.0 Å². The molecule has 0 spiro atoms. The second kappa shape index (κ2) is 26.2. The van der Waals surface area contributed by atoms with Gasteiger partial charge in [0.2, 0.25) is 0 Å². The van der Waals surface area contributed by atoms with Gasteiger partial charge in [-0.05, 0) is 19.3 Å². The van der Waals surface area contributed by atoms with Gasteiger partial charge in [-0.25, -0.2) is 0 Å². The van der Waals surface area contributed by atoms with Crippen LogP contribution in [0.2, 0.25) is 0 Å². The second-order valence-electron chi connectivity index (χ2n) is 6.53. The Morgan fingerprint density at radius 3 is 1.37 bits per heavy atom. The van der Waals surface area contributed by atoms with E-state index < -0.39 is 0 Å². The maximum absolute atomic E-state index is 10.2. The summed E-state index contributed by atoms with van der Waals surface area (Å²) in [6, 6.07) is 0. The lowest BCUT2D eigenvalue weighted by atomic mass is 10.1. The highest BCUT2D eigenvalue weighted by Gasteiger charge is 2.13. The molecule has 0 saturated carbocycles. The molecule has 30 heavy (non-hydrogen) atoms. The predicted octanol–water partition coefficient (Wildman–Crippen LogP) is 4.98. The molecular formula is C20H30I4O6. The molecule has 0 bridgehead atoms. The predicted molar refractivity (Wildman–Crippen MR) is 154 cm³/mol. The van der Waals surface area contributed by atoms with E-state index in [1.807, 2.05) is 13.8 Å². The molecular weight excluding hydrogens is 844 g/mol. The van der Waals surface area contributed by atoms with Crippen LogP contribution in [0.1, 0.15) is 52.4 Å². The molecule has 0 aromatic carbocycles. The van der Waals surface area contributed by atoms with Crippen LogP contribution in [0.25, 0.3) is 0 Å². The number of aldehydes is 6. The van der Waals surface area contributed by atoms with Crippen molar-refractivity contribution >= 4 is 128 Å². The number of hydrogen-bond acceptors (Lipinski definition) is 6. The average molecular weight is 874 g/mol. The van der Waals surface area contributed by atoms with E-state index in [1.54, 1.807) is 0 Å². The number of hydrogen-bond donors (Lipinski definition) is 0. The van der Waals surface area contributed by atoms with Gasteiger partial charge in [0.15, 0.2) is 0 Å². The Morgan fingerprint density at radius 1 is 0.600 bits per heavy atom. The minimum absolute atomic E-state index is 0.0694. The summed E-state index contributed by atoms with van der Waals surface area (Å²) in [5.41, 5.74) is 0. The maximum atomic E-state index is 10.2. The van der Waals surface area contributed by atoms with Gasteiger partial charge in [-0.15, -0.1) is 0 Å². The third kappa shape index (κ3) is 27.0. The minimum Gasteiger partial charge on any atom is -0.303 e. The summed E-state index contributed by atoms with van der Waals surface area (Å²) in [5, 5.41) is 0. The van der Waals surface area contributed by atoms with Crippen molar-refractivity contribution in [1.29, 1.82) is 0 Å². The van der Waals surface area contributed by atoms with Gasteiger partial charge in [-0.2, -0.15) is 0 Å². The number of rotatable bonds is 15. The Hall–Kier alpha value is 0.940. The van der Waals surface area contributed by atoms with E-state index in [9.17, 15) is 28.8 Å². The lowest BCUT2D eigenvalue weighted by Crippen LogP contribution is -2.14. The van der Waals surface area contributed by atoms with Crippen molar-refractivity contribution in [2.75, 3.05) is 0 Å². The summed E-state index contributed by atoms with van der Waals surface area (Å²) in [6.07, 6.45) is 9.53. The average Bonchev–Trinajstić information content (AvgIpc) is 2.72. The summed E-state index contributed by atoms with van der Waals surface area (Å²) >= 11 is 8.65. The smallest absolute Gasteiger partial charge is 0.132 e. The van der Waals surface area contributed by atoms with Gasteiger partial charge < -0.3 is 28.8 Å². The fraction of sp³-hybridized carbons (Fsp3) is 0.700. The van der Waals surface area contributed by atoms with E-state index in [-0.39, 0.29) is 15.8 Å². The molecule has 0 saturated heterocycles. The minimum atomic E-state index is 0.0694. The van der Waals surface area contributed by atoms with Gasteiger partial charge in [0, 0.05) is 42.9 Å². The molecule has 0 aliphatic heterocycles. The molecule has 10 heteroatoms. The monoisotopic (exact) mass is 874 g/mol. The van der Waals surface area contributed by atoms with Crippen LogP contribution >= 0.6 is 90.4 Å². The van der Waals surface area contributed by atoms with Crippen molar-refractivity contribution < 1.29 is 28.8 Å². The normalized spacial score (nSPS) is 15.8. The van der Waals surface area contributed by atoms with Crippen molar-refractivity contribution in [3.05, 3.63) is 0 Å². The second-order valence-corrected chi connectivity index (χ2v) is 13.1. The molecule has 0 N–H and O–H groups in total. The van der Waals surface area contributed by atoms with Crippen molar-refractivity contribution in [2.45, 2.75) is 68.1 Å². The fourth-order valence-electron chi connectivity index (χ4n) is 1.70. The van der Waals surface area contributed by atoms with Crippen LogP contribution in [0.4, 0.5) is 0 Å². The van der Waals surface area contributed by atoms with E-state index in [2.05, 4.69) is 90.4 Å². The zero-order valence-corrected chi connectivity index (χ0v) is 25.8. The molecule has 0 radical (unpaired) electrons. The SMILES string of the molecule is CC(C=O)CC(I)CC=O.CC(C=O)CCC(I)C=O.O=CCC(I)C(I)CC=O. The van der Waals surface area contributed by atoms with Crippen LogP contribution in [0.5, 0.6) is 0 Å². The Bertz CT molecular complexity index is 450. The summed E-state index contributed by atoms with van der Waals surface area (Å²) in [6.45, 7) is 3.73. The van der Waals surface area contributed by atoms with Gasteiger partial charge in [0.1, 0.15) is 37.7 Å². The van der Waals surface area contributed by atoms with Gasteiger partial charge in [-0.3, -0.25) is 0 Å². The third-order valence-electron chi connectivity index (χ3n) is 3.52. The summed E-state index contributed by atoms with van der Waals surface area (Å²) < 4.78 is 0.970. The molecule has 0 aliphatic carbocycles. The Morgan fingerprint density at radius 2 is 1.03 bits per heavy atom. The van der Waals surface area contributed by atoms with Crippen LogP contribution < -0.4 is 0 Å². The molecule has 0 heterocycles. The standard InChI is InChI=1S/2C7H11IO2.C6H8I2O2/c1-6(5-10)4-7(8)2-3-9;1-6(4-9)2-3-7(8)5-10;7-5(1-3-9)6(8)2-4-10/h3,5-7H,2,4H2,1H3;4-7H,2-3H2,1H3;3-6H,1-2H2. The first-order valence-corrected chi connectivity index (χ1v) is 14.3. The van der Waals surface area contributed by atoms with Crippen molar-refractivity contribution in [3.63, 3.8) is 0 Å². The lowest BCUT2D eigenvalue weighted by molar-refractivity contribution is -0.111. The fourth-order valence-corrected chi connectivity index (χ4v) is 4.07. The van der Waals surface area contributed by atoms with Crippen LogP contribution in [0.3, 0.4) is 0 Å². The van der Waals surface area contributed by atoms with Gasteiger partial charge in [0.25, 0.3) is 0 Å². The van der Waals surface area contributed by atoms with E-state index in [0.29, 0.717) is 31.0 Å². The molecule has 0 rings (SSSR count). The highest BCUT2D eigenvalue weighted by Crippen LogP contribution is 2.19. The quantitative estimate of drug-likeness (QED) is 0.131. The van der Waals surface area contributed by atoms with Crippen LogP contribution in [0, 0.1) is 11.8 Å². The van der Waals surface area contributed by atoms with Crippen molar-refractivity contribution in [1.82, 2.24) is 0 Å². The maximum Gasteiger partial charge on any atom is 0.132 e. The molecule has 6 unspecified atom stereocenters. The first-order valence-electron chi connectivity index (χ1n) is 9.36. The van der Waals surface area contributed by atoms with E-state index in [4.69, 9.17) is 0 Å². The highest BCUT2D eigenvalue weighted by molar-refractivity contribution is 14.1. The molecule has 6 nitrogen and oxygen atoms in total. The van der Waals surface area contributed by atoms with Crippen molar-refractivity contribution in [2.24, 2.45) is 11.8 Å². The number of carbonyl (C=O) groups is 6. The molecule has 0 aliphatic rings. The topological polar surface area (TPSA) is 102 Å². The number of carbonyl (C=O) groups excluding carboxylic acids is 6. The zero-order valence-electron chi connectivity index (χ0n) is 17.1. The Labute approximate surface area is 234 Å². The molecule has 0 aromatic rings. The molecule has 174 valence electrons. The van der Waals surface area contributed by atoms with Gasteiger partial charge in [0.05, 0.1) is 3.92 Å². The molecule has 0 aromatic heterocycles. The summed E-state index contributed by atoms with van der Waals surface area (Å²) in [4.78, 5) is 60.4. The van der Waals surface area contributed by atoms with Gasteiger partial charge in [-0.1, -0.05) is 104 Å². The van der Waals surface area contributed by atoms with Crippen LogP contribution in [0.15, 0.2) is 0 Å². The largest absolute Gasteiger partial charge is 0.303 e. The number of alkyl halides is 4. The first kappa shape index (κ1) is 35.5. The molecule has 6 atom stereocenters.